The average Bonchev–Trinajstić information content (AvgIpc) is 3.24. The van der Waals surface area contributed by atoms with E-state index in [1.807, 2.05) is 25.1 Å². The van der Waals surface area contributed by atoms with Crippen LogP contribution in [0.25, 0.3) is 10.6 Å². The minimum Gasteiger partial charge on any atom is -0.355 e. The molecule has 1 aliphatic rings. The topological polar surface area (TPSA) is 72.2 Å². The summed E-state index contributed by atoms with van der Waals surface area (Å²) < 4.78 is 34.0. The van der Waals surface area contributed by atoms with Gasteiger partial charge < -0.3 is 4.52 Å². The Morgan fingerprint density at radius 3 is 2.88 bits per heavy atom. The Kier molecular flexibility index (Phi) is 4.23. The Morgan fingerprint density at radius 1 is 1.24 bits per heavy atom. The van der Waals surface area contributed by atoms with Gasteiger partial charge in [0.1, 0.15) is 4.21 Å². The van der Waals surface area contributed by atoms with Gasteiger partial charge in [-0.1, -0.05) is 29.4 Å². The SMILES string of the molecule is Cc1cc(-c2ccc(S(=O)(=O)NC3CCCc4ccccc43)s2)on1. The first kappa shape index (κ1) is 16.5. The van der Waals surface area contributed by atoms with E-state index >= 15 is 0 Å². The van der Waals surface area contributed by atoms with Crippen molar-refractivity contribution in [2.24, 2.45) is 0 Å². The summed E-state index contributed by atoms with van der Waals surface area (Å²) in [4.78, 5) is 0.755. The molecule has 0 bridgehead atoms. The molecule has 0 fully saturated rings. The molecule has 0 aliphatic heterocycles. The van der Waals surface area contributed by atoms with Crippen LogP contribution in [0.4, 0.5) is 0 Å². The number of sulfonamides is 1. The summed E-state index contributed by atoms with van der Waals surface area (Å²) in [5.41, 5.74) is 3.08. The maximum Gasteiger partial charge on any atom is 0.250 e. The van der Waals surface area contributed by atoms with E-state index in [-0.39, 0.29) is 6.04 Å². The zero-order chi connectivity index (χ0) is 17.4. The minimum atomic E-state index is -3.58. The largest absolute Gasteiger partial charge is 0.355 e. The summed E-state index contributed by atoms with van der Waals surface area (Å²) in [5, 5.41) is 3.85. The molecule has 0 saturated heterocycles. The molecular formula is C18H18N2O3S2. The quantitative estimate of drug-likeness (QED) is 0.747. The molecule has 25 heavy (non-hydrogen) atoms. The highest BCUT2D eigenvalue weighted by Crippen LogP contribution is 2.34. The number of aromatic nitrogens is 1. The molecule has 0 radical (unpaired) electrons. The van der Waals surface area contributed by atoms with Crippen molar-refractivity contribution in [1.82, 2.24) is 9.88 Å². The first-order valence-corrected chi connectivity index (χ1v) is 10.5. The van der Waals surface area contributed by atoms with E-state index in [9.17, 15) is 8.42 Å². The lowest BCUT2D eigenvalue weighted by atomic mass is 9.88. The normalized spacial score (nSPS) is 17.4. The summed E-state index contributed by atoms with van der Waals surface area (Å²) in [6, 6.07) is 13.1. The molecule has 0 spiro atoms. The molecule has 7 heteroatoms. The van der Waals surface area contributed by atoms with Crippen LogP contribution < -0.4 is 4.72 Å². The highest BCUT2D eigenvalue weighted by atomic mass is 32.2. The van der Waals surface area contributed by atoms with Crippen molar-refractivity contribution in [2.45, 2.75) is 36.4 Å². The lowest BCUT2D eigenvalue weighted by molar-refractivity contribution is 0.428. The predicted molar refractivity (Wildman–Crippen MR) is 97.0 cm³/mol. The van der Waals surface area contributed by atoms with Crippen LogP contribution in [0.3, 0.4) is 0 Å². The van der Waals surface area contributed by atoms with Gasteiger partial charge in [-0.15, -0.1) is 11.3 Å². The number of hydrogen-bond donors (Lipinski definition) is 1. The van der Waals surface area contributed by atoms with Gasteiger partial charge in [-0.25, -0.2) is 13.1 Å². The second-order valence-corrected chi connectivity index (χ2v) is 9.24. The number of thiophene rings is 1. The number of benzene rings is 1. The molecule has 5 nitrogen and oxygen atoms in total. The Bertz CT molecular complexity index is 1000. The van der Waals surface area contributed by atoms with Gasteiger partial charge in [0.15, 0.2) is 5.76 Å². The Labute approximate surface area is 150 Å². The van der Waals surface area contributed by atoms with Crippen molar-refractivity contribution in [3.05, 3.63) is 59.3 Å². The maximum absolute atomic E-state index is 12.8. The van der Waals surface area contributed by atoms with Gasteiger partial charge in [0.05, 0.1) is 10.6 Å². The Morgan fingerprint density at radius 2 is 2.08 bits per heavy atom. The van der Waals surface area contributed by atoms with Gasteiger partial charge in [0.25, 0.3) is 10.0 Å². The lowest BCUT2D eigenvalue weighted by Crippen LogP contribution is -2.30. The van der Waals surface area contributed by atoms with Crippen molar-refractivity contribution in [3.8, 4) is 10.6 Å². The van der Waals surface area contributed by atoms with E-state index in [0.29, 0.717) is 9.97 Å². The van der Waals surface area contributed by atoms with Gasteiger partial charge in [-0.3, -0.25) is 0 Å². The minimum absolute atomic E-state index is 0.173. The van der Waals surface area contributed by atoms with Crippen LogP contribution in [-0.4, -0.2) is 13.6 Å². The highest BCUT2D eigenvalue weighted by molar-refractivity contribution is 7.91. The van der Waals surface area contributed by atoms with Crippen LogP contribution >= 0.6 is 11.3 Å². The third-order valence-corrected chi connectivity index (χ3v) is 7.45. The highest BCUT2D eigenvalue weighted by Gasteiger charge is 2.27. The fourth-order valence-electron chi connectivity index (χ4n) is 3.20. The first-order valence-electron chi connectivity index (χ1n) is 8.16. The second kappa shape index (κ2) is 6.40. The van der Waals surface area contributed by atoms with E-state index in [1.165, 1.54) is 16.9 Å². The molecule has 0 amide bonds. The third kappa shape index (κ3) is 3.27. The summed E-state index contributed by atoms with van der Waals surface area (Å²) in [6.45, 7) is 1.83. The van der Waals surface area contributed by atoms with Crippen molar-refractivity contribution < 1.29 is 12.9 Å². The summed E-state index contributed by atoms with van der Waals surface area (Å²) in [5.74, 6) is 0.590. The number of rotatable bonds is 4. The van der Waals surface area contributed by atoms with Crippen molar-refractivity contribution in [2.75, 3.05) is 0 Å². The van der Waals surface area contributed by atoms with E-state index < -0.39 is 10.0 Å². The number of fused-ring (bicyclic) bond motifs is 1. The van der Waals surface area contributed by atoms with Gasteiger partial charge in [-0.05, 0) is 49.4 Å². The Balaban J connectivity index is 1.60. The number of hydrogen-bond acceptors (Lipinski definition) is 5. The van der Waals surface area contributed by atoms with Crippen LogP contribution in [0.5, 0.6) is 0 Å². The molecule has 1 N–H and O–H groups in total. The van der Waals surface area contributed by atoms with Gasteiger partial charge in [0, 0.05) is 12.1 Å². The molecule has 3 aromatic rings. The van der Waals surface area contributed by atoms with E-state index in [0.717, 1.165) is 35.4 Å². The fraction of sp³-hybridized carbons (Fsp3) is 0.278. The van der Waals surface area contributed by atoms with Crippen molar-refractivity contribution in [3.63, 3.8) is 0 Å². The van der Waals surface area contributed by atoms with Crippen LogP contribution in [-0.2, 0) is 16.4 Å². The van der Waals surface area contributed by atoms with Crippen molar-refractivity contribution in [1.29, 1.82) is 0 Å². The van der Waals surface area contributed by atoms with Crippen molar-refractivity contribution >= 4 is 21.4 Å². The van der Waals surface area contributed by atoms with Crippen LogP contribution in [0.1, 0.15) is 35.7 Å². The molecule has 1 aromatic carbocycles. The molecular weight excluding hydrogens is 356 g/mol. The zero-order valence-corrected chi connectivity index (χ0v) is 15.4. The number of nitrogens with one attached hydrogen (secondary N) is 1. The monoisotopic (exact) mass is 374 g/mol. The summed E-state index contributed by atoms with van der Waals surface area (Å²) >= 11 is 1.19. The zero-order valence-electron chi connectivity index (χ0n) is 13.7. The van der Waals surface area contributed by atoms with E-state index in [1.54, 1.807) is 18.2 Å². The van der Waals surface area contributed by atoms with Gasteiger partial charge >= 0.3 is 0 Å². The molecule has 4 rings (SSSR count). The third-order valence-electron chi connectivity index (χ3n) is 4.38. The van der Waals surface area contributed by atoms with E-state index in [2.05, 4.69) is 15.9 Å². The van der Waals surface area contributed by atoms with Crippen LogP contribution in [0, 0.1) is 6.92 Å². The summed E-state index contributed by atoms with van der Waals surface area (Å²) in [7, 11) is -3.58. The van der Waals surface area contributed by atoms with Crippen LogP contribution in [0.15, 0.2) is 51.2 Å². The Hall–Kier alpha value is -1.96. The maximum atomic E-state index is 12.8. The standard InChI is InChI=1S/C18H18N2O3S2/c1-12-11-16(23-19-12)17-9-10-18(24-17)25(21,22)20-15-8-4-6-13-5-2-3-7-14(13)15/h2-3,5,7,9-11,15,20H,4,6,8H2,1H3. The van der Waals surface area contributed by atoms with Crippen LogP contribution in [0.2, 0.25) is 0 Å². The fourth-order valence-corrected chi connectivity index (χ4v) is 5.72. The second-order valence-electron chi connectivity index (χ2n) is 6.22. The number of aryl methyl sites for hydroxylation is 2. The lowest BCUT2D eigenvalue weighted by Gasteiger charge is -2.25. The van der Waals surface area contributed by atoms with Gasteiger partial charge in [-0.2, -0.15) is 0 Å². The summed E-state index contributed by atoms with van der Waals surface area (Å²) in [6.07, 6.45) is 2.80. The van der Waals surface area contributed by atoms with E-state index in [4.69, 9.17) is 4.52 Å². The number of nitrogens with zero attached hydrogens (tertiary/aromatic N) is 1. The molecule has 1 atom stereocenters. The average molecular weight is 374 g/mol. The molecule has 130 valence electrons. The molecule has 2 heterocycles. The molecule has 0 saturated carbocycles. The molecule has 1 unspecified atom stereocenters. The predicted octanol–water partition coefficient (Wildman–Crippen LogP) is 4.07. The molecule has 1 aliphatic carbocycles. The van der Waals surface area contributed by atoms with Gasteiger partial charge in [0.2, 0.25) is 0 Å². The smallest absolute Gasteiger partial charge is 0.250 e. The first-order chi connectivity index (χ1) is 12.0. The molecule has 2 aromatic heterocycles.